The Morgan fingerprint density at radius 1 is 0.436 bits per heavy atom. The van der Waals surface area contributed by atoms with Crippen molar-refractivity contribution in [1.29, 1.82) is 0 Å². The van der Waals surface area contributed by atoms with E-state index in [9.17, 15) is 5.48 Å². The van der Waals surface area contributed by atoms with Gasteiger partial charge in [0.2, 0.25) is 0 Å². The number of ether oxygens (including phenoxy) is 1. The quantitative estimate of drug-likeness (QED) is 0.145. The number of rotatable bonds is 9. The van der Waals surface area contributed by atoms with E-state index in [1.807, 2.05) is 131 Å². The van der Waals surface area contributed by atoms with Crippen LogP contribution in [0.15, 0.2) is 249 Å². The van der Waals surface area contributed by atoms with Crippen molar-refractivity contribution in [3.05, 3.63) is 264 Å². The molecular formula is C71H53N5OPt. The molecule has 0 bridgehead atoms. The molecule has 0 N–H and O–H groups in total. The summed E-state index contributed by atoms with van der Waals surface area (Å²) in [6.45, 7) is 8.61. The average molecular weight is 1200 g/mol. The second-order valence-electron chi connectivity index (χ2n) is 20.5. The van der Waals surface area contributed by atoms with E-state index < -0.39 is 60.4 Å². The Labute approximate surface area is 477 Å². The Morgan fingerprint density at radius 3 is 1.55 bits per heavy atom. The molecule has 4 heterocycles. The summed E-state index contributed by atoms with van der Waals surface area (Å²) in [6, 6.07) is 54.5. The van der Waals surface area contributed by atoms with Gasteiger partial charge in [-0.2, -0.15) is 0 Å². The minimum absolute atomic E-state index is 0.120. The summed E-state index contributed by atoms with van der Waals surface area (Å²) >= 11 is 2.24. The summed E-state index contributed by atoms with van der Waals surface area (Å²) in [4.78, 5) is 4.91. The Bertz CT molecular complexity index is 5150. The molecule has 78 heavy (non-hydrogen) atoms. The molecule has 0 saturated carbocycles. The van der Waals surface area contributed by atoms with E-state index in [0.717, 1.165) is 71.7 Å². The first-order valence-electron chi connectivity index (χ1n) is 30.7. The van der Waals surface area contributed by atoms with Crippen LogP contribution in [0, 0.1) is 10.7 Å². The molecule has 6 nitrogen and oxygen atoms in total. The Balaban J connectivity index is 1.06. The van der Waals surface area contributed by atoms with Crippen LogP contribution in [0.25, 0.3) is 111 Å². The molecule has 14 aromatic rings. The predicted octanol–water partition coefficient (Wildman–Crippen LogP) is 18.5. The third-order valence-electron chi connectivity index (χ3n) is 14.7. The van der Waals surface area contributed by atoms with Crippen LogP contribution in [0.4, 0.5) is 0 Å². The van der Waals surface area contributed by atoms with Crippen molar-refractivity contribution in [1.82, 2.24) is 23.3 Å². The van der Waals surface area contributed by atoms with Crippen molar-refractivity contribution in [2.75, 3.05) is 0 Å². The third kappa shape index (κ3) is 8.06. The Kier molecular flexibility index (Phi) is 9.10. The van der Waals surface area contributed by atoms with E-state index in [1.54, 1.807) is 12.1 Å². The van der Waals surface area contributed by atoms with Crippen LogP contribution < -0.4 is 4.74 Å². The van der Waals surface area contributed by atoms with Crippen molar-refractivity contribution >= 4 is 54.6 Å². The van der Waals surface area contributed by atoms with Gasteiger partial charge in [0.15, 0.2) is 0 Å². The monoisotopic (exact) mass is 1200 g/mol. The molecule has 0 aliphatic rings. The van der Waals surface area contributed by atoms with Crippen molar-refractivity contribution in [3.63, 3.8) is 0 Å². The van der Waals surface area contributed by atoms with Crippen molar-refractivity contribution in [2.24, 2.45) is 0 Å². The van der Waals surface area contributed by atoms with Crippen molar-refractivity contribution in [3.8, 4) is 67.8 Å². The van der Waals surface area contributed by atoms with Gasteiger partial charge in [-0.25, -0.2) is 0 Å². The van der Waals surface area contributed by atoms with Gasteiger partial charge < -0.3 is 0 Å². The number of aromatic nitrogens is 5. The van der Waals surface area contributed by atoms with E-state index in [4.69, 9.17) is 17.9 Å². The summed E-state index contributed by atoms with van der Waals surface area (Å²) in [7, 11) is 0. The van der Waals surface area contributed by atoms with Gasteiger partial charge >= 0.3 is 424 Å². The van der Waals surface area contributed by atoms with Crippen LogP contribution in [-0.4, -0.2) is 23.3 Å². The summed E-state index contributed by atoms with van der Waals surface area (Å²) in [5.41, 5.74) is 9.95. The van der Waals surface area contributed by atoms with E-state index >= 15 is 0 Å². The number of nitrogens with zero attached hydrogens (tertiary/aromatic N) is 5. The maximum absolute atomic E-state index is 9.67. The van der Waals surface area contributed by atoms with Gasteiger partial charge in [-0.05, 0) is 17.0 Å². The number of imidazole rings is 1. The number of benzene rings is 10. The molecule has 0 aliphatic carbocycles. The summed E-state index contributed by atoms with van der Waals surface area (Å²) < 4.78 is 108. The van der Waals surface area contributed by atoms with E-state index in [2.05, 4.69) is 110 Å². The van der Waals surface area contributed by atoms with E-state index in [0.29, 0.717) is 37.7 Å². The normalized spacial score (nSPS) is 13.7. The molecule has 0 spiro atoms. The standard InChI is InChI=1S/C71H53N5O.Pt/c1-47-31-33-48(34-32-47)51-39-53(42-56(40-51)77-55-35-36-60-59-25-13-16-28-65(59)76(68(60)45-55)69-41-52(37-38-72-69)71(2,3)4)73-46-74(67-30-18-17-29-66(67)73)70-61(49-19-7-5-8-20-49)43-54(44-62(70)50-21-9-6-10-22-50)75-63-26-14-11-23-57(63)58-24-12-15-27-64(58)75;/h5-45H,1-4H3;/i5D,6D,7D,8D,9D,10D,19D,20D,21D,22D;. The topological polar surface area (TPSA) is 41.8 Å². The average Bonchev–Trinajstić information content (AvgIpc) is 1.51. The summed E-state index contributed by atoms with van der Waals surface area (Å²) in [6.07, 6.45) is 1.86. The van der Waals surface area contributed by atoms with Crippen LogP contribution in [0.3, 0.4) is 0 Å². The molecule has 0 radical (unpaired) electrons. The number of fused-ring (bicyclic) bond motifs is 7. The molecule has 0 fully saturated rings. The van der Waals surface area contributed by atoms with Gasteiger partial charge in [0.05, 0.1) is 0 Å². The molecule has 0 saturated heterocycles. The second-order valence-corrected chi connectivity index (χ2v) is 21.5. The van der Waals surface area contributed by atoms with Crippen LogP contribution >= 0.6 is 0 Å². The number of aryl methyl sites for hydroxylation is 1. The van der Waals surface area contributed by atoms with Crippen LogP contribution in [0.1, 0.15) is 45.6 Å². The summed E-state index contributed by atoms with van der Waals surface area (Å²) in [5.74, 6) is 1.87. The fourth-order valence-electron chi connectivity index (χ4n) is 11.0. The van der Waals surface area contributed by atoms with E-state index in [1.165, 1.54) is 0 Å². The van der Waals surface area contributed by atoms with Gasteiger partial charge in [0, 0.05) is 6.20 Å². The zero-order valence-corrected chi connectivity index (χ0v) is 45.1. The molecule has 4 aromatic heterocycles. The molecular weight excluding hydrogens is 1130 g/mol. The van der Waals surface area contributed by atoms with Gasteiger partial charge in [0.1, 0.15) is 0 Å². The number of hydrogen-bond acceptors (Lipinski definition) is 2. The van der Waals surface area contributed by atoms with Crippen LogP contribution in [0.5, 0.6) is 11.5 Å². The van der Waals surface area contributed by atoms with Gasteiger partial charge in [0.25, 0.3) is 0 Å². The Hall–Kier alpha value is -9.09. The van der Waals surface area contributed by atoms with Gasteiger partial charge in [-0.3, -0.25) is 0 Å². The first-order chi connectivity index (χ1) is 42.3. The predicted molar refractivity (Wildman–Crippen MR) is 319 cm³/mol. The number of hydrogen-bond donors (Lipinski definition) is 0. The molecule has 0 aliphatic heterocycles. The summed E-state index contributed by atoms with van der Waals surface area (Å²) in [5, 5.41) is 3.94. The van der Waals surface area contributed by atoms with Crippen molar-refractivity contribution < 1.29 is 37.8 Å². The number of pyridine rings is 1. The van der Waals surface area contributed by atoms with Gasteiger partial charge in [-0.15, -0.1) is 0 Å². The second kappa shape index (κ2) is 18.9. The molecule has 378 valence electrons. The van der Waals surface area contributed by atoms with E-state index in [-0.39, 0.29) is 33.4 Å². The molecule has 0 atom stereocenters. The molecule has 14 rings (SSSR count). The zero-order chi connectivity index (χ0) is 61.4. The molecule has 10 aromatic carbocycles. The van der Waals surface area contributed by atoms with Crippen molar-refractivity contribution in [2.45, 2.75) is 33.1 Å². The molecule has 0 unspecified atom stereocenters. The fraction of sp³-hybridized carbons (Fsp3) is 0.0704. The third-order valence-corrected chi connectivity index (χ3v) is 15.7. The zero-order valence-electron chi connectivity index (χ0n) is 52.9. The first kappa shape index (κ1) is 37.6. The first-order valence-corrected chi connectivity index (χ1v) is 26.8. The SMILES string of the molecule is [2H]c1c([2H])c([2H])c(-c2cc(-n3c4ccccc4c4ccccc43)cc(-c3c([2H])c([2H])c([2H])c([2H])c3[2H])c2-n2[c](=[Pt])n(-c3cc(Oc4ccc5c6ccccc6n(-c6cc(C(C)(C)C)ccn6)c5c4)cc(-c4ccc(C)cc4)c3)c3ccccc32)c([2H])c1[2H]. The minimum atomic E-state index is -0.583. The fourth-order valence-corrected chi connectivity index (χ4v) is 12.1. The van der Waals surface area contributed by atoms with Crippen LogP contribution in [-0.2, 0) is 24.8 Å². The number of para-hydroxylation sites is 5. The maximum atomic E-state index is 9.67. The molecule has 7 heteroatoms. The molecule has 0 amide bonds. The Morgan fingerprint density at radius 2 is 0.962 bits per heavy atom. The van der Waals surface area contributed by atoms with Crippen LogP contribution in [0.2, 0.25) is 0 Å². The van der Waals surface area contributed by atoms with Gasteiger partial charge in [-0.1, -0.05) is 32.9 Å².